The van der Waals surface area contributed by atoms with E-state index >= 15 is 0 Å². The molecular weight excluding hydrogens is 392 g/mol. The van der Waals surface area contributed by atoms with E-state index in [0.717, 1.165) is 12.0 Å². The van der Waals surface area contributed by atoms with Gasteiger partial charge in [0, 0.05) is 18.2 Å². The molecule has 1 aliphatic rings. The van der Waals surface area contributed by atoms with Gasteiger partial charge in [-0.1, -0.05) is 0 Å². The largest absolute Gasteiger partial charge is 0.497 e. The fourth-order valence-corrected chi connectivity index (χ4v) is 3.04. The number of benzene rings is 2. The minimum Gasteiger partial charge on any atom is -0.497 e. The van der Waals surface area contributed by atoms with Gasteiger partial charge < -0.3 is 28.4 Å². The number of Topliss-reactive ketones (excluding diaryl/α,β-unsaturated/α-hetero) is 2. The summed E-state index contributed by atoms with van der Waals surface area (Å²) in [5.74, 6) is 1.27. The van der Waals surface area contributed by atoms with Crippen molar-refractivity contribution >= 4 is 11.6 Å². The number of ether oxygens (including phenoxy) is 6. The van der Waals surface area contributed by atoms with Gasteiger partial charge in [0.15, 0.2) is 11.5 Å². The second-order valence-electron chi connectivity index (χ2n) is 6.54. The number of rotatable bonds is 11. The minimum absolute atomic E-state index is 0.0412. The van der Waals surface area contributed by atoms with Crippen LogP contribution in [0, 0.1) is 0 Å². The molecule has 160 valence electrons. The highest BCUT2D eigenvalue weighted by molar-refractivity contribution is 6.44. The second-order valence-corrected chi connectivity index (χ2v) is 6.54. The van der Waals surface area contributed by atoms with Crippen LogP contribution in [-0.2, 0) is 16.0 Å². The molecule has 0 spiro atoms. The fourth-order valence-electron chi connectivity index (χ4n) is 3.04. The van der Waals surface area contributed by atoms with E-state index in [1.165, 1.54) is 19.2 Å². The summed E-state index contributed by atoms with van der Waals surface area (Å²) >= 11 is 0. The summed E-state index contributed by atoms with van der Waals surface area (Å²) in [5.41, 5.74) is 1.21. The van der Waals surface area contributed by atoms with Crippen LogP contribution in [0.1, 0.15) is 22.3 Å². The van der Waals surface area contributed by atoms with E-state index in [0.29, 0.717) is 41.8 Å². The molecule has 0 aromatic heterocycles. The third-order valence-electron chi connectivity index (χ3n) is 4.57. The van der Waals surface area contributed by atoms with E-state index in [1.807, 2.05) is 12.1 Å². The Kier molecular flexibility index (Phi) is 7.13. The lowest BCUT2D eigenvalue weighted by Crippen LogP contribution is -2.20. The van der Waals surface area contributed by atoms with Crippen LogP contribution in [-0.4, -0.2) is 52.9 Å². The molecule has 0 saturated carbocycles. The third kappa shape index (κ3) is 5.01. The highest BCUT2D eigenvalue weighted by Crippen LogP contribution is 2.41. The van der Waals surface area contributed by atoms with Gasteiger partial charge in [-0.25, -0.2) is 0 Å². The van der Waals surface area contributed by atoms with Crippen molar-refractivity contribution in [1.82, 2.24) is 0 Å². The van der Waals surface area contributed by atoms with E-state index in [-0.39, 0.29) is 19.0 Å². The van der Waals surface area contributed by atoms with Crippen molar-refractivity contribution in [1.29, 1.82) is 0 Å². The van der Waals surface area contributed by atoms with Crippen LogP contribution in [0.2, 0.25) is 0 Å². The van der Waals surface area contributed by atoms with Crippen molar-refractivity contribution < 1.29 is 38.0 Å². The summed E-state index contributed by atoms with van der Waals surface area (Å²) in [6.45, 7) is 0.0829. The van der Waals surface area contributed by atoms with E-state index in [4.69, 9.17) is 28.4 Å². The molecule has 0 amide bonds. The van der Waals surface area contributed by atoms with Crippen LogP contribution < -0.4 is 23.7 Å². The maximum absolute atomic E-state index is 12.4. The quantitative estimate of drug-likeness (QED) is 0.314. The zero-order valence-electron chi connectivity index (χ0n) is 17.2. The van der Waals surface area contributed by atoms with Gasteiger partial charge in [-0.15, -0.1) is 0 Å². The molecule has 0 aliphatic carbocycles. The van der Waals surface area contributed by atoms with Gasteiger partial charge in [-0.05, 0) is 42.7 Å². The Morgan fingerprint density at radius 2 is 1.67 bits per heavy atom. The predicted octanol–water partition coefficient (Wildman–Crippen LogP) is 2.84. The highest BCUT2D eigenvalue weighted by atomic mass is 16.7. The Bertz CT molecular complexity index is 899. The first kappa shape index (κ1) is 21.4. The number of carbonyl (C=O) groups excluding carboxylic acids is 2. The van der Waals surface area contributed by atoms with Crippen molar-refractivity contribution in [3.63, 3.8) is 0 Å². The monoisotopic (exact) mass is 416 g/mol. The summed E-state index contributed by atoms with van der Waals surface area (Å²) in [6.07, 6.45) is 1.39. The molecule has 8 nitrogen and oxygen atoms in total. The molecule has 3 rings (SSSR count). The first-order valence-corrected chi connectivity index (χ1v) is 9.40. The lowest BCUT2D eigenvalue weighted by Gasteiger charge is -2.09. The fraction of sp³-hybridized carbons (Fsp3) is 0.364. The number of methoxy groups -OCH3 is 3. The molecule has 2 aromatic carbocycles. The van der Waals surface area contributed by atoms with Gasteiger partial charge in [-0.3, -0.25) is 9.59 Å². The number of hydrogen-bond donors (Lipinski definition) is 0. The molecule has 0 N–H and O–H groups in total. The van der Waals surface area contributed by atoms with Crippen LogP contribution in [0.5, 0.6) is 28.7 Å². The predicted molar refractivity (Wildman–Crippen MR) is 107 cm³/mol. The number of ketones is 2. The van der Waals surface area contributed by atoms with E-state index in [1.54, 1.807) is 20.3 Å². The van der Waals surface area contributed by atoms with Crippen LogP contribution in [0.3, 0.4) is 0 Å². The third-order valence-corrected chi connectivity index (χ3v) is 4.57. The topological polar surface area (TPSA) is 89.5 Å². The molecule has 0 saturated heterocycles. The summed E-state index contributed by atoms with van der Waals surface area (Å²) in [5, 5.41) is 0. The number of hydrogen-bond acceptors (Lipinski definition) is 8. The van der Waals surface area contributed by atoms with Crippen molar-refractivity contribution in [3.8, 4) is 28.7 Å². The first-order chi connectivity index (χ1) is 14.5. The SMILES string of the molecule is COc1cc(CCCOCC(=O)C(=O)c2cc(OC)c3c(c2)OCO3)cc(OC)c1. The maximum Gasteiger partial charge on any atom is 0.231 e. The molecular formula is C22H24O8. The first-order valence-electron chi connectivity index (χ1n) is 9.40. The standard InChI is InChI=1S/C22H24O8/c1-25-16-7-14(8-17(11-16)26-2)5-4-6-28-12-18(23)21(24)15-9-19(27-3)22-20(10-15)29-13-30-22/h7-11H,4-6,12-13H2,1-3H3. The molecule has 8 heteroatoms. The van der Waals surface area contributed by atoms with E-state index in [9.17, 15) is 9.59 Å². The maximum atomic E-state index is 12.4. The molecule has 0 radical (unpaired) electrons. The second kappa shape index (κ2) is 9.98. The summed E-state index contributed by atoms with van der Waals surface area (Å²) in [7, 11) is 4.65. The van der Waals surface area contributed by atoms with E-state index < -0.39 is 11.6 Å². The van der Waals surface area contributed by atoms with Gasteiger partial charge in [0.05, 0.1) is 21.3 Å². The Morgan fingerprint density at radius 1 is 0.933 bits per heavy atom. The Balaban J connectivity index is 1.49. The summed E-state index contributed by atoms with van der Waals surface area (Å²) in [4.78, 5) is 24.7. The minimum atomic E-state index is -0.663. The van der Waals surface area contributed by atoms with Gasteiger partial charge in [-0.2, -0.15) is 0 Å². The van der Waals surface area contributed by atoms with Gasteiger partial charge >= 0.3 is 0 Å². The molecule has 30 heavy (non-hydrogen) atoms. The van der Waals surface area contributed by atoms with Crippen LogP contribution >= 0.6 is 0 Å². The van der Waals surface area contributed by atoms with Crippen molar-refractivity contribution in [3.05, 3.63) is 41.5 Å². The average Bonchev–Trinajstić information content (AvgIpc) is 3.25. The Labute approximate surface area is 174 Å². The Hall–Kier alpha value is -3.26. The van der Waals surface area contributed by atoms with Crippen LogP contribution in [0.25, 0.3) is 0 Å². The zero-order chi connectivity index (χ0) is 21.5. The van der Waals surface area contributed by atoms with Gasteiger partial charge in [0.2, 0.25) is 24.1 Å². The molecule has 2 aromatic rings. The van der Waals surface area contributed by atoms with Crippen molar-refractivity contribution in [2.24, 2.45) is 0 Å². The average molecular weight is 416 g/mol. The van der Waals surface area contributed by atoms with Crippen molar-refractivity contribution in [2.45, 2.75) is 12.8 Å². The smallest absolute Gasteiger partial charge is 0.231 e. The lowest BCUT2D eigenvalue weighted by atomic mass is 10.1. The summed E-state index contributed by atoms with van der Waals surface area (Å²) in [6, 6.07) is 8.58. The molecule has 0 atom stereocenters. The summed E-state index contributed by atoms with van der Waals surface area (Å²) < 4.78 is 31.7. The van der Waals surface area contributed by atoms with Crippen LogP contribution in [0.4, 0.5) is 0 Å². The lowest BCUT2D eigenvalue weighted by molar-refractivity contribution is -0.119. The molecule has 0 fully saturated rings. The van der Waals surface area contributed by atoms with Gasteiger partial charge in [0.1, 0.15) is 18.1 Å². The van der Waals surface area contributed by atoms with E-state index in [2.05, 4.69) is 0 Å². The molecule has 1 heterocycles. The molecule has 0 unspecified atom stereocenters. The molecule has 0 bridgehead atoms. The Morgan fingerprint density at radius 3 is 2.33 bits per heavy atom. The number of aryl methyl sites for hydroxylation is 1. The van der Waals surface area contributed by atoms with Crippen molar-refractivity contribution in [2.75, 3.05) is 41.3 Å². The number of fused-ring (bicyclic) bond motifs is 1. The molecule has 1 aliphatic heterocycles. The highest BCUT2D eigenvalue weighted by Gasteiger charge is 2.25. The van der Waals surface area contributed by atoms with Gasteiger partial charge in [0.25, 0.3) is 0 Å². The zero-order valence-corrected chi connectivity index (χ0v) is 17.2. The van der Waals surface area contributed by atoms with Crippen LogP contribution in [0.15, 0.2) is 30.3 Å². The number of carbonyl (C=O) groups is 2. The normalized spacial score (nSPS) is 11.8.